The van der Waals surface area contributed by atoms with Gasteiger partial charge >= 0.3 is 0 Å². The molecular formula is C11H9F2N3O2. The number of aromatic nitrogens is 3. The molecule has 0 fully saturated rings. The van der Waals surface area contributed by atoms with E-state index in [9.17, 15) is 13.6 Å². The number of halogens is 2. The molecule has 0 aliphatic heterocycles. The third kappa shape index (κ3) is 2.34. The first-order valence-corrected chi connectivity index (χ1v) is 5.01. The topological polar surface area (TPSA) is 57.0 Å². The monoisotopic (exact) mass is 253 g/mol. The zero-order chi connectivity index (χ0) is 13.1. The van der Waals surface area contributed by atoms with Crippen LogP contribution >= 0.6 is 0 Å². The summed E-state index contributed by atoms with van der Waals surface area (Å²) < 4.78 is 33.5. The average molecular weight is 253 g/mol. The molecule has 1 aromatic heterocycles. The number of aryl methyl sites for hydroxylation is 1. The second kappa shape index (κ2) is 4.91. The van der Waals surface area contributed by atoms with E-state index in [0.29, 0.717) is 12.1 Å². The van der Waals surface area contributed by atoms with Gasteiger partial charge in [0.2, 0.25) is 0 Å². The summed E-state index contributed by atoms with van der Waals surface area (Å²) in [6.07, 6.45) is 1.81. The van der Waals surface area contributed by atoms with Crippen LogP contribution in [0.2, 0.25) is 0 Å². The minimum absolute atomic E-state index is 0.0870. The van der Waals surface area contributed by atoms with E-state index in [1.807, 2.05) is 0 Å². The van der Waals surface area contributed by atoms with Crippen molar-refractivity contribution in [3.05, 3.63) is 41.5 Å². The minimum atomic E-state index is -0.931. The molecule has 1 heterocycles. The molecule has 2 rings (SSSR count). The van der Waals surface area contributed by atoms with Gasteiger partial charge in [0.1, 0.15) is 19.2 Å². The Morgan fingerprint density at radius 1 is 1.39 bits per heavy atom. The summed E-state index contributed by atoms with van der Waals surface area (Å²) in [4.78, 5) is 10.4. The van der Waals surface area contributed by atoms with Gasteiger partial charge in [-0.1, -0.05) is 0 Å². The number of carbonyl (C=O) groups is 1. The van der Waals surface area contributed by atoms with Crippen molar-refractivity contribution in [2.75, 3.05) is 0 Å². The lowest BCUT2D eigenvalue weighted by Crippen LogP contribution is -2.05. The lowest BCUT2D eigenvalue weighted by molar-refractivity contribution is 0.112. The van der Waals surface area contributed by atoms with E-state index in [4.69, 9.17) is 4.74 Å². The second-order valence-electron chi connectivity index (χ2n) is 3.58. The number of aldehydes is 1. The van der Waals surface area contributed by atoms with Gasteiger partial charge < -0.3 is 9.30 Å². The molecular weight excluding hydrogens is 244 g/mol. The third-order valence-electron chi connectivity index (χ3n) is 2.31. The Labute approximate surface area is 101 Å². The fourth-order valence-electron chi connectivity index (χ4n) is 1.36. The van der Waals surface area contributed by atoms with Crippen LogP contribution in [0.3, 0.4) is 0 Å². The first kappa shape index (κ1) is 12.2. The van der Waals surface area contributed by atoms with Gasteiger partial charge in [0.05, 0.1) is 0 Å². The van der Waals surface area contributed by atoms with Crippen molar-refractivity contribution < 1.29 is 18.3 Å². The van der Waals surface area contributed by atoms with Crippen molar-refractivity contribution in [3.63, 3.8) is 0 Å². The smallest absolute Gasteiger partial charge is 0.191 e. The molecule has 94 valence electrons. The van der Waals surface area contributed by atoms with Gasteiger partial charge in [-0.15, -0.1) is 10.2 Å². The summed E-state index contributed by atoms with van der Waals surface area (Å²) >= 11 is 0. The molecule has 2 aromatic rings. The Hall–Kier alpha value is -2.31. The number of ether oxygens (including phenoxy) is 1. The van der Waals surface area contributed by atoms with Crippen LogP contribution < -0.4 is 4.74 Å². The van der Waals surface area contributed by atoms with Gasteiger partial charge in [-0.3, -0.25) is 4.79 Å². The number of hydrogen-bond donors (Lipinski definition) is 0. The maximum Gasteiger partial charge on any atom is 0.191 e. The van der Waals surface area contributed by atoms with Crippen LogP contribution in [-0.2, 0) is 13.7 Å². The van der Waals surface area contributed by atoms with Gasteiger partial charge in [-0.2, -0.15) is 0 Å². The summed E-state index contributed by atoms with van der Waals surface area (Å²) in [6.45, 7) is -0.120. The fourth-order valence-corrected chi connectivity index (χ4v) is 1.36. The molecule has 0 spiro atoms. The first-order chi connectivity index (χ1) is 8.61. The second-order valence-corrected chi connectivity index (χ2v) is 3.58. The first-order valence-electron chi connectivity index (χ1n) is 5.01. The number of carbonyl (C=O) groups excluding carboxylic acids is 1. The number of rotatable bonds is 4. The standard InChI is InChI=1S/C11H9F2N3O2/c1-16-6-14-15-10(16)5-18-11-8(12)2-7(4-17)3-9(11)13/h2-4,6H,5H2,1H3. The molecule has 18 heavy (non-hydrogen) atoms. The summed E-state index contributed by atoms with van der Waals surface area (Å²) in [6, 6.07) is 1.81. The normalized spacial score (nSPS) is 10.4. The molecule has 0 atom stereocenters. The van der Waals surface area contributed by atoms with E-state index in [1.165, 1.54) is 6.33 Å². The van der Waals surface area contributed by atoms with E-state index < -0.39 is 17.4 Å². The van der Waals surface area contributed by atoms with Crippen molar-refractivity contribution >= 4 is 6.29 Å². The van der Waals surface area contributed by atoms with Crippen LogP contribution in [0.4, 0.5) is 8.78 Å². The molecule has 0 N–H and O–H groups in total. The average Bonchev–Trinajstić information content (AvgIpc) is 2.73. The highest BCUT2D eigenvalue weighted by Gasteiger charge is 2.13. The van der Waals surface area contributed by atoms with Gasteiger partial charge in [-0.05, 0) is 12.1 Å². The lowest BCUT2D eigenvalue weighted by atomic mass is 10.2. The van der Waals surface area contributed by atoms with Crippen molar-refractivity contribution in [2.24, 2.45) is 7.05 Å². The summed E-state index contributed by atoms with van der Waals surface area (Å²) in [5, 5.41) is 7.32. The molecule has 0 bridgehead atoms. The maximum atomic E-state index is 13.5. The largest absolute Gasteiger partial charge is 0.479 e. The third-order valence-corrected chi connectivity index (χ3v) is 2.31. The predicted octanol–water partition coefficient (Wildman–Crippen LogP) is 1.48. The van der Waals surface area contributed by atoms with Crippen LogP contribution in [-0.4, -0.2) is 21.1 Å². The highest BCUT2D eigenvalue weighted by Crippen LogP contribution is 2.23. The fraction of sp³-hybridized carbons (Fsp3) is 0.182. The quantitative estimate of drug-likeness (QED) is 0.774. The van der Waals surface area contributed by atoms with Crippen LogP contribution in [0.5, 0.6) is 5.75 Å². The maximum absolute atomic E-state index is 13.5. The Kier molecular flexibility index (Phi) is 3.31. The molecule has 5 nitrogen and oxygen atoms in total. The van der Waals surface area contributed by atoms with Crippen LogP contribution in [0.25, 0.3) is 0 Å². The molecule has 0 saturated heterocycles. The van der Waals surface area contributed by atoms with Crippen LogP contribution in [0.15, 0.2) is 18.5 Å². The summed E-state index contributed by atoms with van der Waals surface area (Å²) in [5.41, 5.74) is -0.0870. The van der Waals surface area contributed by atoms with E-state index in [0.717, 1.165) is 12.1 Å². The highest BCUT2D eigenvalue weighted by atomic mass is 19.1. The van der Waals surface area contributed by atoms with Gasteiger partial charge in [-0.25, -0.2) is 8.78 Å². The van der Waals surface area contributed by atoms with E-state index in [2.05, 4.69) is 10.2 Å². The number of nitrogens with zero attached hydrogens (tertiary/aromatic N) is 3. The minimum Gasteiger partial charge on any atom is -0.479 e. The van der Waals surface area contributed by atoms with Crippen molar-refractivity contribution in [3.8, 4) is 5.75 Å². The summed E-state index contributed by atoms with van der Waals surface area (Å²) in [5.74, 6) is -1.98. The SMILES string of the molecule is Cn1cnnc1COc1c(F)cc(C=O)cc1F. The van der Waals surface area contributed by atoms with Crippen molar-refractivity contribution in [2.45, 2.75) is 6.61 Å². The van der Waals surface area contributed by atoms with E-state index in [1.54, 1.807) is 11.6 Å². The molecule has 0 saturated carbocycles. The highest BCUT2D eigenvalue weighted by molar-refractivity contribution is 5.75. The lowest BCUT2D eigenvalue weighted by Gasteiger charge is -2.08. The molecule has 1 aromatic carbocycles. The Morgan fingerprint density at radius 2 is 2.06 bits per heavy atom. The van der Waals surface area contributed by atoms with Crippen LogP contribution in [0.1, 0.15) is 16.2 Å². The Morgan fingerprint density at radius 3 is 2.56 bits per heavy atom. The van der Waals surface area contributed by atoms with Gasteiger partial charge in [0.25, 0.3) is 0 Å². The molecule has 0 amide bonds. The molecule has 0 aliphatic rings. The molecule has 7 heteroatoms. The number of benzene rings is 1. The zero-order valence-corrected chi connectivity index (χ0v) is 9.43. The van der Waals surface area contributed by atoms with Crippen molar-refractivity contribution in [1.29, 1.82) is 0 Å². The Bertz CT molecular complexity index is 560. The summed E-state index contributed by atoms with van der Waals surface area (Å²) in [7, 11) is 1.68. The zero-order valence-electron chi connectivity index (χ0n) is 9.43. The number of hydrogen-bond acceptors (Lipinski definition) is 4. The van der Waals surface area contributed by atoms with Gasteiger partial charge in [0.15, 0.2) is 23.2 Å². The molecule has 0 aliphatic carbocycles. The Balaban J connectivity index is 2.19. The van der Waals surface area contributed by atoms with E-state index in [-0.39, 0.29) is 12.2 Å². The van der Waals surface area contributed by atoms with Crippen molar-refractivity contribution in [1.82, 2.24) is 14.8 Å². The predicted molar refractivity (Wildman–Crippen MR) is 57.1 cm³/mol. The van der Waals surface area contributed by atoms with E-state index >= 15 is 0 Å². The van der Waals surface area contributed by atoms with Gasteiger partial charge in [0, 0.05) is 12.6 Å². The van der Waals surface area contributed by atoms with Crippen LogP contribution in [0, 0.1) is 11.6 Å². The molecule has 0 radical (unpaired) electrons. The molecule has 0 unspecified atom stereocenters.